The average Bonchev–Trinajstić information content (AvgIpc) is 3.22. The van der Waals surface area contributed by atoms with Gasteiger partial charge in [-0.05, 0) is 13.3 Å². The highest BCUT2D eigenvalue weighted by atomic mass is 35.5. The Labute approximate surface area is 212 Å². The first kappa shape index (κ1) is 25.5. The molecule has 2 aromatic rings. The predicted molar refractivity (Wildman–Crippen MR) is 126 cm³/mol. The Morgan fingerprint density at radius 3 is 2.49 bits per heavy atom. The van der Waals surface area contributed by atoms with E-state index in [-0.39, 0.29) is 45.5 Å². The first-order valence-corrected chi connectivity index (χ1v) is 12.1. The Balaban J connectivity index is 1.47. The Kier molecular flexibility index (Phi) is 7.40. The number of thiazole rings is 1. The van der Waals surface area contributed by atoms with Crippen LogP contribution in [0.1, 0.15) is 39.5 Å². The van der Waals surface area contributed by atoms with Crippen LogP contribution in [-0.2, 0) is 4.74 Å². The van der Waals surface area contributed by atoms with Crippen molar-refractivity contribution >= 4 is 57.6 Å². The number of halogens is 3. The third kappa shape index (κ3) is 5.47. The molecule has 0 unspecified atom stereocenters. The van der Waals surface area contributed by atoms with Gasteiger partial charge in [0.1, 0.15) is 11.9 Å². The van der Waals surface area contributed by atoms with E-state index in [1.165, 1.54) is 7.11 Å². The van der Waals surface area contributed by atoms with Gasteiger partial charge in [-0.1, -0.05) is 34.5 Å². The number of alkyl halides is 1. The smallest absolute Gasteiger partial charge is 0.449 e. The van der Waals surface area contributed by atoms with Crippen LogP contribution in [0.2, 0.25) is 10.0 Å². The number of rotatable bonds is 7. The maximum Gasteiger partial charge on any atom is 0.512 e. The molecule has 4 N–H and O–H groups in total. The number of methoxy groups -OCH3 is 1. The van der Waals surface area contributed by atoms with Gasteiger partial charge in [0.15, 0.2) is 10.8 Å². The Hall–Kier alpha value is -2.61. The van der Waals surface area contributed by atoms with Gasteiger partial charge in [0.05, 0.1) is 28.2 Å². The van der Waals surface area contributed by atoms with Gasteiger partial charge in [-0.25, -0.2) is 14.2 Å². The molecule has 0 aromatic carbocycles. The molecular weight excluding hydrogens is 528 g/mol. The summed E-state index contributed by atoms with van der Waals surface area (Å²) in [6.45, 7) is 2.40. The van der Waals surface area contributed by atoms with Crippen molar-refractivity contribution in [3.63, 3.8) is 0 Å². The maximum absolute atomic E-state index is 13.2. The monoisotopic (exact) mass is 549 g/mol. The second-order valence-electron chi connectivity index (χ2n) is 8.17. The van der Waals surface area contributed by atoms with E-state index >= 15 is 0 Å². The number of H-pyrrole nitrogens is 1. The Morgan fingerprint density at radius 2 is 1.91 bits per heavy atom. The van der Waals surface area contributed by atoms with Crippen LogP contribution in [0.25, 0.3) is 0 Å². The average molecular weight is 550 g/mol. The predicted octanol–water partition coefficient (Wildman–Crippen LogP) is 3.01. The van der Waals surface area contributed by atoms with Gasteiger partial charge in [-0.3, -0.25) is 9.59 Å². The topological polar surface area (TPSA) is 146 Å². The van der Waals surface area contributed by atoms with E-state index < -0.39 is 36.3 Å². The third-order valence-corrected chi connectivity index (χ3v) is 7.68. The van der Waals surface area contributed by atoms with Crippen molar-refractivity contribution in [1.29, 1.82) is 0 Å². The minimum Gasteiger partial charge on any atom is -0.449 e. The quantitative estimate of drug-likeness (QED) is 0.385. The van der Waals surface area contributed by atoms with Crippen LogP contribution in [0.15, 0.2) is 0 Å². The van der Waals surface area contributed by atoms with Gasteiger partial charge in [0, 0.05) is 32.3 Å². The van der Waals surface area contributed by atoms with Gasteiger partial charge in [0.25, 0.3) is 11.8 Å². The first-order valence-electron chi connectivity index (χ1n) is 10.6. The molecule has 2 amide bonds. The maximum atomic E-state index is 13.2. The SMILES string of the molecule is CO[C@H]1CN(c2nc(C(=O)N[C@@H]3C[C@@H]3F)c(OC(=O)O)s2)CC[C@H]1NC(=O)c1[nH]c(C)c(Cl)c1Cl. The first-order chi connectivity index (χ1) is 16.6. The number of ether oxygens (including phenoxy) is 2. The van der Waals surface area contributed by atoms with Gasteiger partial charge >= 0.3 is 6.16 Å². The lowest BCUT2D eigenvalue weighted by Gasteiger charge is -2.37. The molecule has 190 valence electrons. The lowest BCUT2D eigenvalue weighted by atomic mass is 10.0. The normalized spacial score (nSPS) is 23.6. The van der Waals surface area contributed by atoms with Crippen molar-refractivity contribution in [2.75, 3.05) is 25.1 Å². The van der Waals surface area contributed by atoms with Crippen LogP contribution in [0.3, 0.4) is 0 Å². The lowest BCUT2D eigenvalue weighted by molar-refractivity contribution is 0.0540. The zero-order chi connectivity index (χ0) is 25.4. The fourth-order valence-corrected chi connectivity index (χ4v) is 5.10. The molecule has 3 heterocycles. The number of hydrogen-bond donors (Lipinski definition) is 4. The molecule has 11 nitrogen and oxygen atoms in total. The Morgan fingerprint density at radius 1 is 1.23 bits per heavy atom. The van der Waals surface area contributed by atoms with E-state index in [1.54, 1.807) is 11.8 Å². The molecule has 2 aromatic heterocycles. The molecule has 4 rings (SSSR count). The minimum atomic E-state index is -1.60. The van der Waals surface area contributed by atoms with Gasteiger partial charge in [0.2, 0.25) is 5.06 Å². The van der Waals surface area contributed by atoms with E-state index in [0.717, 1.165) is 11.3 Å². The summed E-state index contributed by atoms with van der Waals surface area (Å²) in [5.41, 5.74) is 0.500. The summed E-state index contributed by atoms with van der Waals surface area (Å²) < 4.78 is 23.5. The van der Waals surface area contributed by atoms with Crippen LogP contribution < -0.4 is 20.3 Å². The number of nitrogens with one attached hydrogen (secondary N) is 3. The number of nitrogens with zero attached hydrogens (tertiary/aromatic N) is 2. The molecule has 1 aliphatic heterocycles. The molecule has 4 atom stereocenters. The number of anilines is 1. The standard InChI is InChI=1S/C20H22Cl2FN5O6S/c1-7-12(21)13(22)14(24-7)16(29)25-9-3-4-28(6-11(9)33-2)19-27-15(18(35-19)34-20(31)32)17(30)26-10-5-8(10)23/h8-11,24H,3-6H2,1-2H3,(H,25,29)(H,26,30)(H,31,32)/t8-,9+,10+,11-/m0/s1. The molecule has 1 aliphatic carbocycles. The number of hydrogen-bond acceptors (Lipinski definition) is 8. The van der Waals surface area contributed by atoms with Crippen molar-refractivity contribution in [2.45, 2.75) is 44.1 Å². The summed E-state index contributed by atoms with van der Waals surface area (Å²) in [5, 5.41) is 14.9. The van der Waals surface area contributed by atoms with Crippen LogP contribution in [0.4, 0.5) is 14.3 Å². The van der Waals surface area contributed by atoms with E-state index in [0.29, 0.717) is 23.8 Å². The van der Waals surface area contributed by atoms with Crippen LogP contribution in [0.5, 0.6) is 5.06 Å². The molecular formula is C20H22Cl2FN5O6S. The summed E-state index contributed by atoms with van der Waals surface area (Å²) in [6, 6.07) is -0.981. The summed E-state index contributed by atoms with van der Waals surface area (Å²) in [6.07, 6.45) is -2.53. The molecule has 1 saturated heterocycles. The molecule has 15 heteroatoms. The molecule has 0 bridgehead atoms. The fourth-order valence-electron chi connectivity index (χ4n) is 3.74. The number of amides is 2. The van der Waals surface area contributed by atoms with Crippen molar-refractivity contribution in [2.24, 2.45) is 0 Å². The lowest BCUT2D eigenvalue weighted by Crippen LogP contribution is -2.55. The number of aryl methyl sites for hydroxylation is 1. The van der Waals surface area contributed by atoms with E-state index in [2.05, 4.69) is 20.6 Å². The molecule has 0 radical (unpaired) electrons. The number of aromatic nitrogens is 2. The number of piperidine rings is 1. The summed E-state index contributed by atoms with van der Waals surface area (Å²) in [4.78, 5) is 45.3. The van der Waals surface area contributed by atoms with Gasteiger partial charge in [-0.2, -0.15) is 0 Å². The number of aromatic amines is 1. The molecule has 0 spiro atoms. The molecule has 35 heavy (non-hydrogen) atoms. The largest absolute Gasteiger partial charge is 0.512 e. The molecule has 1 saturated carbocycles. The fraction of sp³-hybridized carbons (Fsp3) is 0.500. The van der Waals surface area contributed by atoms with Crippen molar-refractivity contribution in [1.82, 2.24) is 20.6 Å². The van der Waals surface area contributed by atoms with E-state index in [4.69, 9.17) is 37.8 Å². The molecule has 2 fully saturated rings. The van der Waals surface area contributed by atoms with Gasteiger partial charge in [-0.15, -0.1) is 0 Å². The van der Waals surface area contributed by atoms with Crippen molar-refractivity contribution in [3.8, 4) is 5.06 Å². The molecule has 2 aliphatic rings. The third-order valence-electron chi connectivity index (χ3n) is 5.74. The zero-order valence-electron chi connectivity index (χ0n) is 18.6. The van der Waals surface area contributed by atoms with E-state index in [9.17, 15) is 18.8 Å². The van der Waals surface area contributed by atoms with Crippen LogP contribution >= 0.6 is 34.5 Å². The Bertz CT molecular complexity index is 1160. The van der Waals surface area contributed by atoms with E-state index in [1.807, 2.05) is 0 Å². The number of carbonyl (C=O) groups is 3. The van der Waals surface area contributed by atoms with Crippen molar-refractivity contribution < 1.29 is 33.4 Å². The highest BCUT2D eigenvalue weighted by molar-refractivity contribution is 7.17. The van der Waals surface area contributed by atoms with Crippen molar-refractivity contribution in [3.05, 3.63) is 27.1 Å². The summed E-state index contributed by atoms with van der Waals surface area (Å²) in [5.74, 6) is -1.14. The zero-order valence-corrected chi connectivity index (χ0v) is 20.9. The van der Waals surface area contributed by atoms with Crippen LogP contribution in [-0.4, -0.2) is 77.6 Å². The second kappa shape index (κ2) is 10.2. The van der Waals surface area contributed by atoms with Crippen LogP contribution in [0, 0.1) is 6.92 Å². The second-order valence-corrected chi connectivity index (χ2v) is 9.87. The minimum absolute atomic E-state index is 0.137. The summed E-state index contributed by atoms with van der Waals surface area (Å²) in [7, 11) is 1.50. The number of carbonyl (C=O) groups excluding carboxylic acids is 2. The van der Waals surface area contributed by atoms with Gasteiger partial charge < -0.3 is 35.1 Å². The highest BCUT2D eigenvalue weighted by Crippen LogP contribution is 2.36. The number of carboxylic acid groups (broad SMARTS) is 1. The summed E-state index contributed by atoms with van der Waals surface area (Å²) >= 11 is 13.1. The highest BCUT2D eigenvalue weighted by Gasteiger charge is 2.40.